The zero-order chi connectivity index (χ0) is 13.5. The maximum absolute atomic E-state index is 12.2. The predicted octanol–water partition coefficient (Wildman–Crippen LogP) is 2.89. The van der Waals surface area contributed by atoms with Gasteiger partial charge in [-0.3, -0.25) is 4.79 Å². The Balaban J connectivity index is 2.76. The van der Waals surface area contributed by atoms with E-state index in [1.54, 1.807) is 4.90 Å². The number of ether oxygens (including phenoxy) is 1. The molecule has 6 heteroatoms. The molecule has 0 atom stereocenters. The third-order valence-corrected chi connectivity index (χ3v) is 2.78. The predicted molar refractivity (Wildman–Crippen MR) is 72.3 cm³/mol. The van der Waals surface area contributed by atoms with Crippen LogP contribution in [0.1, 0.15) is 24.2 Å². The van der Waals surface area contributed by atoms with Crippen molar-refractivity contribution in [3.8, 4) is 0 Å². The van der Waals surface area contributed by atoms with Gasteiger partial charge in [-0.1, -0.05) is 23.2 Å². The molecule has 0 saturated carbocycles. The summed E-state index contributed by atoms with van der Waals surface area (Å²) in [6.45, 7) is 6.13. The summed E-state index contributed by atoms with van der Waals surface area (Å²) in [6.07, 6.45) is 0. The van der Waals surface area contributed by atoms with E-state index in [1.165, 1.54) is 12.1 Å². The maximum atomic E-state index is 12.2. The minimum absolute atomic E-state index is 0.122. The number of hydrogen-bond donors (Lipinski definition) is 0. The third-order valence-electron chi connectivity index (χ3n) is 2.39. The molecule has 0 aromatic carbocycles. The number of rotatable bonds is 6. The number of hydrogen-bond acceptors (Lipinski definition) is 3. The zero-order valence-corrected chi connectivity index (χ0v) is 12.0. The van der Waals surface area contributed by atoms with Crippen LogP contribution in [0.4, 0.5) is 0 Å². The molecule has 1 rings (SSSR count). The van der Waals surface area contributed by atoms with Gasteiger partial charge in [-0.25, -0.2) is 4.98 Å². The fraction of sp³-hybridized carbons (Fsp3) is 0.500. The fourth-order valence-corrected chi connectivity index (χ4v) is 1.95. The molecule has 0 bridgehead atoms. The van der Waals surface area contributed by atoms with Gasteiger partial charge < -0.3 is 9.64 Å². The largest absolute Gasteiger partial charge is 0.380 e. The van der Waals surface area contributed by atoms with Crippen LogP contribution < -0.4 is 0 Å². The van der Waals surface area contributed by atoms with Crippen molar-refractivity contribution >= 4 is 29.1 Å². The van der Waals surface area contributed by atoms with E-state index in [0.29, 0.717) is 31.9 Å². The van der Waals surface area contributed by atoms with Crippen molar-refractivity contribution < 1.29 is 9.53 Å². The first-order valence-corrected chi connectivity index (χ1v) is 6.54. The molecule has 0 unspecified atom stereocenters. The first kappa shape index (κ1) is 15.2. The van der Waals surface area contributed by atoms with Gasteiger partial charge in [0.05, 0.1) is 6.61 Å². The van der Waals surface area contributed by atoms with Gasteiger partial charge in [-0.2, -0.15) is 0 Å². The normalized spacial score (nSPS) is 10.4. The lowest BCUT2D eigenvalue weighted by Crippen LogP contribution is -2.33. The molecule has 18 heavy (non-hydrogen) atoms. The highest BCUT2D eigenvalue weighted by Crippen LogP contribution is 2.16. The summed E-state index contributed by atoms with van der Waals surface area (Å²) in [5, 5.41) is 0.429. The number of halogens is 2. The Labute approximate surface area is 117 Å². The zero-order valence-electron chi connectivity index (χ0n) is 10.4. The van der Waals surface area contributed by atoms with Crippen LogP contribution in [0.5, 0.6) is 0 Å². The van der Waals surface area contributed by atoms with E-state index in [-0.39, 0.29) is 16.2 Å². The lowest BCUT2D eigenvalue weighted by Gasteiger charge is -2.20. The summed E-state index contributed by atoms with van der Waals surface area (Å²) < 4.78 is 5.24. The Kier molecular flexibility index (Phi) is 6.39. The van der Waals surface area contributed by atoms with Crippen molar-refractivity contribution in [1.29, 1.82) is 0 Å². The lowest BCUT2D eigenvalue weighted by atomic mass is 10.2. The topological polar surface area (TPSA) is 42.4 Å². The van der Waals surface area contributed by atoms with Gasteiger partial charge in [0.25, 0.3) is 5.91 Å². The Bertz CT molecular complexity index is 393. The first-order valence-electron chi connectivity index (χ1n) is 5.78. The molecule has 1 aromatic rings. The summed E-state index contributed by atoms with van der Waals surface area (Å²) in [7, 11) is 0. The van der Waals surface area contributed by atoms with Crippen LogP contribution >= 0.6 is 23.2 Å². The maximum Gasteiger partial charge on any atom is 0.254 e. The summed E-state index contributed by atoms with van der Waals surface area (Å²) in [5.74, 6) is -0.122. The van der Waals surface area contributed by atoms with Crippen molar-refractivity contribution in [3.05, 3.63) is 28.0 Å². The number of aromatic nitrogens is 1. The summed E-state index contributed by atoms with van der Waals surface area (Å²) >= 11 is 11.6. The minimum atomic E-state index is -0.122. The van der Waals surface area contributed by atoms with E-state index in [4.69, 9.17) is 27.9 Å². The van der Waals surface area contributed by atoms with Gasteiger partial charge in [-0.05, 0) is 26.0 Å². The monoisotopic (exact) mass is 290 g/mol. The van der Waals surface area contributed by atoms with Crippen LogP contribution in [-0.4, -0.2) is 42.1 Å². The van der Waals surface area contributed by atoms with E-state index in [2.05, 4.69) is 4.98 Å². The van der Waals surface area contributed by atoms with Gasteiger partial charge in [-0.15, -0.1) is 0 Å². The van der Waals surface area contributed by atoms with E-state index in [9.17, 15) is 4.79 Å². The Morgan fingerprint density at radius 3 is 2.44 bits per heavy atom. The van der Waals surface area contributed by atoms with Crippen LogP contribution in [0.3, 0.4) is 0 Å². The average molecular weight is 291 g/mol. The molecule has 0 spiro atoms. The molecule has 0 aliphatic carbocycles. The van der Waals surface area contributed by atoms with Crippen LogP contribution in [0, 0.1) is 0 Å². The molecular weight excluding hydrogens is 275 g/mol. The smallest absolute Gasteiger partial charge is 0.254 e. The summed E-state index contributed by atoms with van der Waals surface area (Å²) in [5.41, 5.74) is 0.443. The molecule has 0 aliphatic rings. The number of amides is 1. The standard InChI is InChI=1S/C12H16Cl2N2O2/c1-3-16(5-6-18-4-2)12(17)9-7-10(13)15-11(14)8-9/h7-8H,3-6H2,1-2H3. The number of pyridine rings is 1. The number of nitrogens with zero attached hydrogens (tertiary/aromatic N) is 2. The van der Waals surface area contributed by atoms with Crippen LogP contribution in [0.2, 0.25) is 10.3 Å². The molecule has 0 fully saturated rings. The summed E-state index contributed by atoms with van der Waals surface area (Å²) in [6, 6.07) is 3.03. The van der Waals surface area contributed by atoms with Crippen molar-refractivity contribution in [2.45, 2.75) is 13.8 Å². The third kappa shape index (κ3) is 4.44. The van der Waals surface area contributed by atoms with Gasteiger partial charge in [0.2, 0.25) is 0 Å². The van der Waals surface area contributed by atoms with E-state index >= 15 is 0 Å². The van der Waals surface area contributed by atoms with Crippen LogP contribution in [-0.2, 0) is 4.74 Å². The van der Waals surface area contributed by atoms with Crippen molar-refractivity contribution in [2.75, 3.05) is 26.3 Å². The van der Waals surface area contributed by atoms with Gasteiger partial charge in [0.15, 0.2) is 0 Å². The Hall–Kier alpha value is -0.840. The van der Waals surface area contributed by atoms with E-state index in [1.807, 2.05) is 13.8 Å². The molecule has 0 aliphatic heterocycles. The van der Waals surface area contributed by atoms with Gasteiger partial charge in [0, 0.05) is 25.3 Å². The first-order chi connectivity index (χ1) is 8.58. The van der Waals surface area contributed by atoms with Crippen LogP contribution in [0.25, 0.3) is 0 Å². The van der Waals surface area contributed by atoms with E-state index in [0.717, 1.165) is 0 Å². The molecule has 0 saturated heterocycles. The number of carbonyl (C=O) groups is 1. The number of carbonyl (C=O) groups excluding carboxylic acids is 1. The molecule has 1 aromatic heterocycles. The molecule has 4 nitrogen and oxygen atoms in total. The van der Waals surface area contributed by atoms with Crippen molar-refractivity contribution in [2.24, 2.45) is 0 Å². The second kappa shape index (κ2) is 7.56. The quantitative estimate of drug-likeness (QED) is 0.598. The molecular formula is C12H16Cl2N2O2. The Morgan fingerprint density at radius 2 is 1.94 bits per heavy atom. The highest BCUT2D eigenvalue weighted by Gasteiger charge is 2.15. The molecule has 100 valence electrons. The van der Waals surface area contributed by atoms with Crippen molar-refractivity contribution in [1.82, 2.24) is 9.88 Å². The van der Waals surface area contributed by atoms with Crippen LogP contribution in [0.15, 0.2) is 12.1 Å². The highest BCUT2D eigenvalue weighted by atomic mass is 35.5. The second-order valence-electron chi connectivity index (χ2n) is 3.58. The average Bonchev–Trinajstić information content (AvgIpc) is 2.33. The fourth-order valence-electron chi connectivity index (χ4n) is 1.49. The minimum Gasteiger partial charge on any atom is -0.380 e. The lowest BCUT2D eigenvalue weighted by molar-refractivity contribution is 0.0669. The van der Waals surface area contributed by atoms with Crippen molar-refractivity contribution in [3.63, 3.8) is 0 Å². The highest BCUT2D eigenvalue weighted by molar-refractivity contribution is 6.33. The van der Waals surface area contributed by atoms with Gasteiger partial charge >= 0.3 is 0 Å². The SMILES string of the molecule is CCOCCN(CC)C(=O)c1cc(Cl)nc(Cl)c1. The second-order valence-corrected chi connectivity index (χ2v) is 4.36. The summed E-state index contributed by atoms with van der Waals surface area (Å²) in [4.78, 5) is 17.7. The number of likely N-dealkylation sites (N-methyl/N-ethyl adjacent to an activating group) is 1. The molecule has 1 amide bonds. The van der Waals surface area contributed by atoms with E-state index < -0.39 is 0 Å². The Morgan fingerprint density at radius 1 is 1.33 bits per heavy atom. The molecule has 1 heterocycles. The molecule has 0 radical (unpaired) electrons. The van der Waals surface area contributed by atoms with Gasteiger partial charge in [0.1, 0.15) is 10.3 Å². The molecule has 0 N–H and O–H groups in total.